The molecular weight excluding hydrogens is 235 g/mol. The van der Waals surface area contributed by atoms with Gasteiger partial charge in [-0.05, 0) is 0 Å². The molecule has 3 nitrogen and oxygen atoms in total. The Bertz CT molecular complexity index is 231. The van der Waals surface area contributed by atoms with Crippen molar-refractivity contribution < 1.29 is 30.4 Å². The predicted octanol–water partition coefficient (Wildman–Crippen LogP) is 1.20. The summed E-state index contributed by atoms with van der Waals surface area (Å²) in [6, 6.07) is 0. The van der Waals surface area contributed by atoms with Crippen molar-refractivity contribution in [2.24, 2.45) is 0 Å². The maximum absolute atomic E-state index is 7.50. The van der Waals surface area contributed by atoms with Crippen molar-refractivity contribution in [1.82, 2.24) is 0 Å². The number of hydrogen-bond acceptors (Lipinski definition) is 3. The molecule has 4 heteroatoms. The summed E-state index contributed by atoms with van der Waals surface area (Å²) in [4.78, 5) is 22.5. The topological polar surface area (TPSA) is 51.2 Å². The van der Waals surface area contributed by atoms with E-state index in [-0.39, 0.29) is 4.31 Å². The summed E-state index contributed by atoms with van der Waals surface area (Å²) in [5, 5.41) is 0. The van der Waals surface area contributed by atoms with E-state index in [0.717, 1.165) is 0 Å². The van der Waals surface area contributed by atoms with E-state index in [9.17, 15) is 0 Å². The van der Waals surface area contributed by atoms with Crippen molar-refractivity contribution >= 4 is 20.4 Å². The van der Waals surface area contributed by atoms with Gasteiger partial charge in [-0.25, -0.2) is 0 Å². The minimum absolute atomic E-state index is 0.0584. The SMILES string of the molecule is C=C[C]1([Mn])C=CC(C)=C1.[C]=O.[C]=O.[C]=O. The van der Waals surface area contributed by atoms with Crippen LogP contribution in [0.4, 0.5) is 0 Å². The maximum Gasteiger partial charge on any atom is 0.281 e. The van der Waals surface area contributed by atoms with Gasteiger partial charge in [0.1, 0.15) is 0 Å². The molecular formula is C11H9MnO3. The maximum atomic E-state index is 7.50. The van der Waals surface area contributed by atoms with Gasteiger partial charge in [-0.3, -0.25) is 14.4 Å². The first-order valence-electron chi connectivity index (χ1n) is 3.49. The first kappa shape index (κ1) is 19.3. The van der Waals surface area contributed by atoms with E-state index < -0.39 is 0 Å². The largest absolute Gasteiger partial charge is 0.281 e. The average molecular weight is 244 g/mol. The van der Waals surface area contributed by atoms with Crippen LogP contribution in [0.3, 0.4) is 0 Å². The fraction of sp³-hybridized carbons (Fsp3) is 0.182. The molecule has 1 rings (SSSR count). The summed E-state index contributed by atoms with van der Waals surface area (Å²) in [5.41, 5.74) is 1.28. The van der Waals surface area contributed by atoms with Crippen molar-refractivity contribution in [3.8, 4) is 0 Å². The van der Waals surface area contributed by atoms with E-state index in [1.807, 2.05) is 6.08 Å². The number of carbonyl (C=O) groups excluding carboxylic acids is 3. The molecule has 15 heavy (non-hydrogen) atoms. The summed E-state index contributed by atoms with van der Waals surface area (Å²) in [7, 11) is 0. The van der Waals surface area contributed by atoms with E-state index in [0.29, 0.717) is 0 Å². The van der Waals surface area contributed by atoms with E-state index in [2.05, 4.69) is 68.1 Å². The van der Waals surface area contributed by atoms with Crippen LogP contribution >= 0.6 is 0 Å². The molecule has 0 aliphatic heterocycles. The smallest absolute Gasteiger partial charge is 0.281 e. The second-order valence-corrected chi connectivity index (χ2v) is 3.28. The zero-order valence-corrected chi connectivity index (χ0v) is 9.30. The normalized spacial score (nSPS) is 20.3. The van der Waals surface area contributed by atoms with Gasteiger partial charge in [0.15, 0.2) is 0 Å². The Hall–Kier alpha value is -1.25. The van der Waals surface area contributed by atoms with Crippen LogP contribution < -0.4 is 0 Å². The third-order valence-corrected chi connectivity index (χ3v) is 1.97. The molecule has 0 fully saturated rings. The van der Waals surface area contributed by atoms with Gasteiger partial charge in [0.25, 0.3) is 20.4 Å². The number of allylic oxidation sites excluding steroid dienone is 5. The molecule has 6 radical (unpaired) electrons. The zero-order chi connectivity index (χ0) is 12.9. The van der Waals surface area contributed by atoms with Crippen LogP contribution in [0.25, 0.3) is 0 Å². The van der Waals surface area contributed by atoms with Crippen LogP contribution in [-0.2, 0) is 30.4 Å². The van der Waals surface area contributed by atoms with Crippen molar-refractivity contribution in [2.75, 3.05) is 0 Å². The molecule has 1 aliphatic rings. The van der Waals surface area contributed by atoms with Gasteiger partial charge in [-0.2, -0.15) is 0 Å². The first-order valence-corrected chi connectivity index (χ1v) is 4.08. The molecule has 0 aromatic rings. The second kappa shape index (κ2) is 12.7. The molecule has 1 atom stereocenters. The van der Waals surface area contributed by atoms with Crippen LogP contribution in [0, 0.1) is 0 Å². The van der Waals surface area contributed by atoms with Crippen LogP contribution in [0.2, 0.25) is 4.31 Å². The molecule has 0 saturated carbocycles. The molecule has 1 unspecified atom stereocenters. The minimum atomic E-state index is -0.0584. The Labute approximate surface area is 98.8 Å². The van der Waals surface area contributed by atoms with Gasteiger partial charge in [0.2, 0.25) is 0 Å². The Morgan fingerprint density at radius 2 is 1.67 bits per heavy atom. The zero-order valence-electron chi connectivity index (χ0n) is 8.12. The molecule has 0 heterocycles. The third-order valence-electron chi connectivity index (χ3n) is 1.36. The molecule has 0 saturated heterocycles. The Kier molecular flexibility index (Phi) is 16.4. The van der Waals surface area contributed by atoms with Crippen molar-refractivity contribution in [3.05, 3.63) is 36.5 Å². The fourth-order valence-corrected chi connectivity index (χ4v) is 1.20. The van der Waals surface area contributed by atoms with Gasteiger partial charge in [0, 0.05) is 0 Å². The number of hydrogen-bond donors (Lipinski definition) is 0. The molecule has 0 amide bonds. The Morgan fingerprint density at radius 1 is 1.27 bits per heavy atom. The summed E-state index contributed by atoms with van der Waals surface area (Å²) < 4.78 is -0.0584. The van der Waals surface area contributed by atoms with Crippen molar-refractivity contribution in [3.63, 3.8) is 0 Å². The monoisotopic (exact) mass is 244 g/mol. The Morgan fingerprint density at radius 3 is 1.80 bits per heavy atom. The third kappa shape index (κ3) is 9.06. The molecule has 0 spiro atoms. The molecule has 0 N–H and O–H groups in total. The summed E-state index contributed by atoms with van der Waals surface area (Å²) in [6.07, 6.45) is 8.16. The van der Waals surface area contributed by atoms with Crippen LogP contribution in [-0.4, -0.2) is 20.4 Å². The molecule has 0 aromatic carbocycles. The predicted molar refractivity (Wildman–Crippen MR) is 52.9 cm³/mol. The standard InChI is InChI=1S/C8H9.3CO.Mn/c1-3-8-5-4-7(2)6-8;3*1-2;/h3-6H,1H2,2H3;;;;. The van der Waals surface area contributed by atoms with Crippen LogP contribution in [0.1, 0.15) is 6.92 Å². The van der Waals surface area contributed by atoms with E-state index in [4.69, 9.17) is 14.4 Å². The Balaban J connectivity index is -0.000000208. The summed E-state index contributed by atoms with van der Waals surface area (Å²) in [5.74, 6) is 0. The van der Waals surface area contributed by atoms with Crippen molar-refractivity contribution in [2.45, 2.75) is 11.2 Å². The first-order chi connectivity index (χ1) is 7.16. The van der Waals surface area contributed by atoms with E-state index in [1.165, 1.54) is 5.57 Å². The van der Waals surface area contributed by atoms with Crippen LogP contribution in [0.5, 0.6) is 0 Å². The molecule has 1 aliphatic carbocycles. The molecule has 0 aromatic heterocycles. The number of rotatable bonds is 1. The summed E-state index contributed by atoms with van der Waals surface area (Å²) >= 11 is 3.50. The average Bonchev–Trinajstić information content (AvgIpc) is 2.68. The minimum Gasteiger partial charge on any atom is -0.281 e. The van der Waals surface area contributed by atoms with E-state index in [1.54, 1.807) is 0 Å². The molecule has 0 bridgehead atoms. The van der Waals surface area contributed by atoms with Gasteiger partial charge in [0.05, 0.1) is 0 Å². The van der Waals surface area contributed by atoms with Crippen LogP contribution in [0.15, 0.2) is 36.5 Å². The van der Waals surface area contributed by atoms with E-state index >= 15 is 0 Å². The summed E-state index contributed by atoms with van der Waals surface area (Å²) in [6.45, 7) is 19.3. The van der Waals surface area contributed by atoms with Crippen molar-refractivity contribution in [1.29, 1.82) is 0 Å². The fourth-order valence-electron chi connectivity index (χ4n) is 0.831. The van der Waals surface area contributed by atoms with Gasteiger partial charge in [-0.15, -0.1) is 0 Å². The van der Waals surface area contributed by atoms with Gasteiger partial charge < -0.3 is 0 Å². The van der Waals surface area contributed by atoms with Gasteiger partial charge in [-0.1, -0.05) is 0 Å². The quantitative estimate of drug-likeness (QED) is 0.514. The molecule has 78 valence electrons. The van der Waals surface area contributed by atoms with Gasteiger partial charge >= 0.3 is 63.7 Å². The second-order valence-electron chi connectivity index (χ2n) is 2.25.